The quantitative estimate of drug-likeness (QED) is 0.422. The summed E-state index contributed by atoms with van der Waals surface area (Å²) in [6.45, 7) is 5.03. The highest BCUT2D eigenvalue weighted by atomic mass is 127. The highest BCUT2D eigenvalue weighted by molar-refractivity contribution is 14.0. The van der Waals surface area contributed by atoms with Crippen molar-refractivity contribution in [2.45, 2.75) is 50.7 Å². The Bertz CT molecular complexity index is 393. The summed E-state index contributed by atoms with van der Waals surface area (Å²) in [5.41, 5.74) is 5.59. The second-order valence-corrected chi connectivity index (χ2v) is 6.80. The molecule has 122 valence electrons. The number of rotatable bonds is 3. The van der Waals surface area contributed by atoms with Gasteiger partial charge in [-0.25, -0.2) is 0 Å². The van der Waals surface area contributed by atoms with Crippen LogP contribution in [0.3, 0.4) is 0 Å². The van der Waals surface area contributed by atoms with Crippen molar-refractivity contribution >= 4 is 29.9 Å². The third-order valence-electron chi connectivity index (χ3n) is 5.33. The topological polar surface area (TPSA) is 71.1 Å². The van der Waals surface area contributed by atoms with E-state index in [1.807, 2.05) is 0 Å². The van der Waals surface area contributed by atoms with Gasteiger partial charge in [0.25, 0.3) is 0 Å². The molecule has 3 aliphatic rings. The van der Waals surface area contributed by atoms with E-state index in [-0.39, 0.29) is 30.1 Å². The Labute approximate surface area is 144 Å². The number of nitrogens with zero attached hydrogens (tertiary/aromatic N) is 2. The molecule has 4 unspecified atom stereocenters. The zero-order chi connectivity index (χ0) is 14.2. The molecule has 0 spiro atoms. The first-order chi connectivity index (χ1) is 9.57. The molecule has 21 heavy (non-hydrogen) atoms. The third-order valence-corrected chi connectivity index (χ3v) is 5.33. The Kier molecular flexibility index (Phi) is 5.76. The van der Waals surface area contributed by atoms with Gasteiger partial charge in [-0.1, -0.05) is 0 Å². The number of hydrogen-bond donors (Lipinski definition) is 2. The number of guanidine groups is 1. The fraction of sp³-hybridized carbons (Fsp3) is 0.933. The second-order valence-electron chi connectivity index (χ2n) is 6.80. The Balaban J connectivity index is 0.00000161. The van der Waals surface area contributed by atoms with E-state index in [0.717, 1.165) is 31.8 Å². The van der Waals surface area contributed by atoms with Crippen LogP contribution in [0, 0.1) is 11.8 Å². The molecular formula is C15H28IN3O2. The van der Waals surface area contributed by atoms with Gasteiger partial charge >= 0.3 is 0 Å². The van der Waals surface area contributed by atoms with Crippen molar-refractivity contribution in [1.29, 1.82) is 0 Å². The maximum absolute atomic E-state index is 10.7. The van der Waals surface area contributed by atoms with Gasteiger partial charge in [-0.05, 0) is 50.9 Å². The van der Waals surface area contributed by atoms with E-state index in [1.54, 1.807) is 0 Å². The molecule has 3 rings (SSSR count). The number of aliphatic imine (C=N–C) groups is 1. The van der Waals surface area contributed by atoms with Gasteiger partial charge < -0.3 is 20.5 Å². The van der Waals surface area contributed by atoms with E-state index >= 15 is 0 Å². The summed E-state index contributed by atoms with van der Waals surface area (Å²) in [6.07, 6.45) is 5.67. The maximum Gasteiger partial charge on any atom is 0.191 e. The van der Waals surface area contributed by atoms with Crippen LogP contribution in [0.15, 0.2) is 4.99 Å². The van der Waals surface area contributed by atoms with Gasteiger partial charge in [0.15, 0.2) is 5.96 Å². The van der Waals surface area contributed by atoms with Crippen molar-refractivity contribution in [2.24, 2.45) is 22.6 Å². The van der Waals surface area contributed by atoms with Crippen molar-refractivity contribution in [3.05, 3.63) is 0 Å². The molecule has 1 aliphatic heterocycles. The predicted octanol–water partition coefficient (Wildman–Crippen LogP) is 1.58. The van der Waals surface area contributed by atoms with Crippen molar-refractivity contribution in [1.82, 2.24) is 4.90 Å². The Hall–Kier alpha value is -0.0800. The van der Waals surface area contributed by atoms with E-state index in [2.05, 4.69) is 16.8 Å². The lowest BCUT2D eigenvalue weighted by atomic mass is 9.82. The van der Waals surface area contributed by atoms with E-state index < -0.39 is 5.60 Å². The molecule has 0 radical (unpaired) electrons. The van der Waals surface area contributed by atoms with E-state index in [0.29, 0.717) is 25.0 Å². The molecule has 2 bridgehead atoms. The fourth-order valence-corrected chi connectivity index (χ4v) is 4.21. The molecular weight excluding hydrogens is 381 g/mol. The van der Waals surface area contributed by atoms with Crippen LogP contribution in [0.1, 0.15) is 39.0 Å². The first-order valence-electron chi connectivity index (χ1n) is 7.96. The zero-order valence-electron chi connectivity index (χ0n) is 12.8. The van der Waals surface area contributed by atoms with Crippen molar-refractivity contribution in [3.8, 4) is 0 Å². The Morgan fingerprint density at radius 1 is 1.48 bits per heavy atom. The highest BCUT2D eigenvalue weighted by Crippen LogP contribution is 2.52. The van der Waals surface area contributed by atoms with Crippen LogP contribution in [-0.2, 0) is 4.74 Å². The Morgan fingerprint density at radius 3 is 2.90 bits per heavy atom. The van der Waals surface area contributed by atoms with Crippen LogP contribution < -0.4 is 5.73 Å². The molecule has 5 nitrogen and oxygen atoms in total. The molecule has 2 aliphatic carbocycles. The zero-order valence-corrected chi connectivity index (χ0v) is 15.2. The maximum atomic E-state index is 10.7. The number of hydrogen-bond acceptors (Lipinski definition) is 3. The number of morpholine rings is 1. The van der Waals surface area contributed by atoms with Crippen molar-refractivity contribution in [2.75, 3.05) is 26.2 Å². The van der Waals surface area contributed by atoms with Crippen molar-refractivity contribution < 1.29 is 9.84 Å². The van der Waals surface area contributed by atoms with Crippen LogP contribution >= 0.6 is 24.0 Å². The monoisotopic (exact) mass is 409 g/mol. The van der Waals surface area contributed by atoms with Gasteiger partial charge in [-0.3, -0.25) is 4.99 Å². The van der Waals surface area contributed by atoms with Crippen LogP contribution in [0.4, 0.5) is 0 Å². The SMILES string of the molecule is CC1CN(C(N)=NCCC2(O)CC3CCC2C3)CCO1.I. The fourth-order valence-electron chi connectivity index (χ4n) is 4.21. The van der Waals surface area contributed by atoms with Gasteiger partial charge in [0, 0.05) is 19.6 Å². The summed E-state index contributed by atoms with van der Waals surface area (Å²) in [7, 11) is 0. The standard InChI is InChI=1S/C15H27N3O2.HI/c1-11-10-18(6-7-20-11)14(16)17-5-4-15(19)9-12-2-3-13(15)8-12;/h11-13,19H,2-10H2,1H3,(H2,16,17);1H. The second kappa shape index (κ2) is 7.00. The molecule has 4 atom stereocenters. The number of aliphatic hydroxyl groups is 1. The van der Waals surface area contributed by atoms with Crippen molar-refractivity contribution in [3.63, 3.8) is 0 Å². The molecule has 6 heteroatoms. The van der Waals surface area contributed by atoms with Crippen LogP contribution in [0.2, 0.25) is 0 Å². The first kappa shape index (κ1) is 17.3. The summed E-state index contributed by atoms with van der Waals surface area (Å²) < 4.78 is 5.50. The minimum absolute atomic E-state index is 0. The molecule has 3 N–H and O–H groups in total. The number of nitrogens with two attached hydrogens (primary N) is 1. The number of halogens is 1. The molecule has 2 saturated carbocycles. The minimum atomic E-state index is -0.467. The largest absolute Gasteiger partial charge is 0.390 e. The summed E-state index contributed by atoms with van der Waals surface area (Å²) in [5, 5.41) is 10.7. The lowest BCUT2D eigenvalue weighted by Crippen LogP contribution is -2.48. The van der Waals surface area contributed by atoms with Crippen LogP contribution in [0.5, 0.6) is 0 Å². The molecule has 0 aromatic rings. The molecule has 1 heterocycles. The van der Waals surface area contributed by atoms with Gasteiger partial charge in [-0.2, -0.15) is 0 Å². The minimum Gasteiger partial charge on any atom is -0.390 e. The summed E-state index contributed by atoms with van der Waals surface area (Å²) in [5.74, 6) is 1.87. The highest BCUT2D eigenvalue weighted by Gasteiger charge is 2.49. The van der Waals surface area contributed by atoms with Crippen LogP contribution in [0.25, 0.3) is 0 Å². The van der Waals surface area contributed by atoms with Gasteiger partial charge in [0.2, 0.25) is 0 Å². The van der Waals surface area contributed by atoms with Crippen LogP contribution in [-0.4, -0.2) is 53.9 Å². The lowest BCUT2D eigenvalue weighted by molar-refractivity contribution is -0.0184. The Morgan fingerprint density at radius 2 is 2.29 bits per heavy atom. The molecule has 0 amide bonds. The van der Waals surface area contributed by atoms with Gasteiger partial charge in [0.1, 0.15) is 0 Å². The smallest absolute Gasteiger partial charge is 0.191 e. The van der Waals surface area contributed by atoms with Gasteiger partial charge in [0.05, 0.1) is 18.3 Å². The number of fused-ring (bicyclic) bond motifs is 2. The normalized spacial score (nSPS) is 39.4. The molecule has 1 saturated heterocycles. The molecule has 3 fully saturated rings. The lowest BCUT2D eigenvalue weighted by Gasteiger charge is -2.33. The summed E-state index contributed by atoms with van der Waals surface area (Å²) >= 11 is 0. The van der Waals surface area contributed by atoms with E-state index in [9.17, 15) is 5.11 Å². The van der Waals surface area contributed by atoms with Gasteiger partial charge in [-0.15, -0.1) is 24.0 Å². The molecule has 0 aromatic heterocycles. The first-order valence-corrected chi connectivity index (χ1v) is 7.96. The average Bonchev–Trinajstić information content (AvgIpc) is 2.98. The number of ether oxygens (including phenoxy) is 1. The predicted molar refractivity (Wildman–Crippen MR) is 93.9 cm³/mol. The average molecular weight is 409 g/mol. The van der Waals surface area contributed by atoms with E-state index in [1.165, 1.54) is 19.3 Å². The summed E-state index contributed by atoms with van der Waals surface area (Å²) in [6, 6.07) is 0. The van der Waals surface area contributed by atoms with E-state index in [4.69, 9.17) is 10.5 Å². The molecule has 0 aromatic carbocycles. The third kappa shape index (κ3) is 3.82. The summed E-state index contributed by atoms with van der Waals surface area (Å²) in [4.78, 5) is 6.56.